The van der Waals surface area contributed by atoms with E-state index in [2.05, 4.69) is 5.32 Å². The molecule has 7 heteroatoms. The second-order valence-corrected chi connectivity index (χ2v) is 9.86. The highest BCUT2D eigenvalue weighted by Crippen LogP contribution is 2.26. The van der Waals surface area contributed by atoms with E-state index in [9.17, 15) is 13.2 Å². The number of carbonyl (C=O) groups is 1. The number of anilines is 1. The highest BCUT2D eigenvalue weighted by Gasteiger charge is 2.27. The zero-order chi connectivity index (χ0) is 19.3. The summed E-state index contributed by atoms with van der Waals surface area (Å²) < 4.78 is 27.8. The largest absolute Gasteiger partial charge is 0.326 e. The van der Waals surface area contributed by atoms with Crippen LogP contribution in [0.25, 0.3) is 0 Å². The van der Waals surface area contributed by atoms with Crippen molar-refractivity contribution in [2.24, 2.45) is 0 Å². The minimum atomic E-state index is -3.54. The molecule has 146 valence electrons. The molecule has 0 atom stereocenters. The number of nitrogens with one attached hydrogen (secondary N) is 1. The molecule has 1 N–H and O–H groups in total. The summed E-state index contributed by atoms with van der Waals surface area (Å²) in [6.45, 7) is 2.94. The molecule has 1 aromatic carbocycles. The van der Waals surface area contributed by atoms with Gasteiger partial charge in [-0.1, -0.05) is 25.0 Å². The first-order valence-corrected chi connectivity index (χ1v) is 11.7. The Balaban J connectivity index is 1.72. The fraction of sp³-hybridized carbons (Fsp3) is 0.450. The van der Waals surface area contributed by atoms with Gasteiger partial charge >= 0.3 is 0 Å². The summed E-state index contributed by atoms with van der Waals surface area (Å²) in [6, 6.07) is 9.10. The number of amides is 1. The predicted molar refractivity (Wildman–Crippen MR) is 110 cm³/mol. The fourth-order valence-electron chi connectivity index (χ4n) is 3.29. The number of sulfonamides is 1. The average molecular weight is 407 g/mol. The Morgan fingerprint density at radius 3 is 2.56 bits per heavy atom. The molecule has 0 bridgehead atoms. The van der Waals surface area contributed by atoms with Crippen molar-refractivity contribution >= 4 is 33.0 Å². The number of hydrogen-bond acceptors (Lipinski definition) is 4. The number of nitrogens with zero attached hydrogens (tertiary/aromatic N) is 1. The van der Waals surface area contributed by atoms with Crippen molar-refractivity contribution in [1.82, 2.24) is 4.31 Å². The molecule has 0 radical (unpaired) electrons. The lowest BCUT2D eigenvalue weighted by Gasteiger charge is -2.21. The molecule has 0 aliphatic carbocycles. The van der Waals surface area contributed by atoms with Crippen LogP contribution < -0.4 is 5.32 Å². The third-order valence-electron chi connectivity index (χ3n) is 4.83. The molecule has 0 saturated carbocycles. The second kappa shape index (κ2) is 8.99. The van der Waals surface area contributed by atoms with Crippen LogP contribution >= 0.6 is 11.3 Å². The van der Waals surface area contributed by atoms with Crippen molar-refractivity contribution in [3.8, 4) is 0 Å². The summed E-state index contributed by atoms with van der Waals surface area (Å²) in [5, 5.41) is 4.84. The Morgan fingerprint density at radius 2 is 1.89 bits per heavy atom. The van der Waals surface area contributed by atoms with E-state index in [1.807, 2.05) is 17.5 Å². The first kappa shape index (κ1) is 20.0. The third kappa shape index (κ3) is 5.18. The molecule has 2 heterocycles. The third-order valence-corrected chi connectivity index (χ3v) is 7.81. The van der Waals surface area contributed by atoms with Crippen LogP contribution in [0.4, 0.5) is 5.69 Å². The van der Waals surface area contributed by atoms with E-state index in [-0.39, 0.29) is 5.91 Å². The van der Waals surface area contributed by atoms with Crippen molar-refractivity contribution < 1.29 is 13.2 Å². The van der Waals surface area contributed by atoms with Crippen LogP contribution in [0.2, 0.25) is 0 Å². The number of rotatable bonds is 6. The van der Waals surface area contributed by atoms with Gasteiger partial charge in [-0.15, -0.1) is 11.3 Å². The molecule has 0 unspecified atom stereocenters. The number of thiophene rings is 1. The molecule has 1 saturated heterocycles. The molecule has 1 aromatic heterocycles. The standard InChI is InChI=1S/C20H26N2O3S2/c1-16-8-9-17(21-20(23)11-10-18-7-6-14-26-18)15-19(16)27(24,25)22-12-4-2-3-5-13-22/h6-9,14-15H,2-5,10-13H2,1H3,(H,21,23). The molecule has 5 nitrogen and oxygen atoms in total. The Hall–Kier alpha value is -1.70. The smallest absolute Gasteiger partial charge is 0.243 e. The first-order chi connectivity index (χ1) is 13.0. The molecule has 1 amide bonds. The van der Waals surface area contributed by atoms with Crippen molar-refractivity contribution in [2.45, 2.75) is 50.3 Å². The van der Waals surface area contributed by atoms with Crippen LogP contribution in [-0.4, -0.2) is 31.7 Å². The maximum Gasteiger partial charge on any atom is 0.243 e. The van der Waals surface area contributed by atoms with Crippen LogP contribution in [0.15, 0.2) is 40.6 Å². The molecular weight excluding hydrogens is 380 g/mol. The fourth-order valence-corrected chi connectivity index (χ4v) is 5.77. The Labute approximate surface area is 165 Å². The van der Waals surface area contributed by atoms with Crippen LogP contribution in [0.3, 0.4) is 0 Å². The summed E-state index contributed by atoms with van der Waals surface area (Å²) >= 11 is 1.63. The van der Waals surface area contributed by atoms with E-state index < -0.39 is 10.0 Å². The number of aryl methyl sites for hydroxylation is 2. The second-order valence-electron chi connectivity index (χ2n) is 6.93. The minimum absolute atomic E-state index is 0.106. The molecule has 2 aromatic rings. The van der Waals surface area contributed by atoms with Gasteiger partial charge < -0.3 is 5.32 Å². The van der Waals surface area contributed by atoms with E-state index in [4.69, 9.17) is 0 Å². The number of benzene rings is 1. The lowest BCUT2D eigenvalue weighted by Crippen LogP contribution is -2.32. The van der Waals surface area contributed by atoms with Crippen molar-refractivity contribution in [2.75, 3.05) is 18.4 Å². The van der Waals surface area contributed by atoms with Gasteiger partial charge in [-0.05, 0) is 55.3 Å². The van der Waals surface area contributed by atoms with Gasteiger partial charge in [-0.25, -0.2) is 8.42 Å². The van der Waals surface area contributed by atoms with Crippen molar-refractivity contribution in [1.29, 1.82) is 0 Å². The number of hydrogen-bond donors (Lipinski definition) is 1. The van der Waals surface area contributed by atoms with Gasteiger partial charge in [-0.2, -0.15) is 4.31 Å². The Bertz CT molecular complexity index is 869. The molecular formula is C20H26N2O3S2. The number of carbonyl (C=O) groups excluding carboxylic acids is 1. The van der Waals surface area contributed by atoms with Crippen LogP contribution in [0, 0.1) is 6.92 Å². The topological polar surface area (TPSA) is 66.5 Å². The van der Waals surface area contributed by atoms with E-state index >= 15 is 0 Å². The van der Waals surface area contributed by atoms with E-state index in [0.29, 0.717) is 42.1 Å². The lowest BCUT2D eigenvalue weighted by molar-refractivity contribution is -0.116. The summed E-state index contributed by atoms with van der Waals surface area (Å²) in [5.41, 5.74) is 1.24. The minimum Gasteiger partial charge on any atom is -0.326 e. The van der Waals surface area contributed by atoms with Crippen molar-refractivity contribution in [3.05, 3.63) is 46.2 Å². The van der Waals surface area contributed by atoms with E-state index in [0.717, 1.165) is 25.7 Å². The maximum absolute atomic E-state index is 13.1. The van der Waals surface area contributed by atoms with E-state index in [1.54, 1.807) is 40.8 Å². The quantitative estimate of drug-likeness (QED) is 0.782. The van der Waals surface area contributed by atoms with Crippen LogP contribution in [0.1, 0.15) is 42.5 Å². The van der Waals surface area contributed by atoms with Gasteiger partial charge in [0.15, 0.2) is 0 Å². The first-order valence-electron chi connectivity index (χ1n) is 9.40. The van der Waals surface area contributed by atoms with Gasteiger partial charge in [0.2, 0.25) is 15.9 Å². The Morgan fingerprint density at radius 1 is 1.15 bits per heavy atom. The molecule has 1 aliphatic rings. The summed E-state index contributed by atoms with van der Waals surface area (Å²) in [4.78, 5) is 13.7. The van der Waals surface area contributed by atoms with Gasteiger partial charge in [0.1, 0.15) is 0 Å². The van der Waals surface area contributed by atoms with Crippen LogP contribution in [-0.2, 0) is 21.2 Å². The summed E-state index contributed by atoms with van der Waals surface area (Å²) in [6.07, 6.45) is 5.02. The average Bonchev–Trinajstić information content (AvgIpc) is 3.01. The maximum atomic E-state index is 13.1. The normalized spacial score (nSPS) is 16.0. The molecule has 1 aliphatic heterocycles. The van der Waals surface area contributed by atoms with Gasteiger partial charge in [0.25, 0.3) is 0 Å². The zero-order valence-corrected chi connectivity index (χ0v) is 17.2. The van der Waals surface area contributed by atoms with Crippen molar-refractivity contribution in [3.63, 3.8) is 0 Å². The summed E-state index contributed by atoms with van der Waals surface area (Å²) in [5.74, 6) is -0.106. The SMILES string of the molecule is Cc1ccc(NC(=O)CCc2cccs2)cc1S(=O)(=O)N1CCCCCC1. The highest BCUT2D eigenvalue weighted by molar-refractivity contribution is 7.89. The predicted octanol–water partition coefficient (Wildman–Crippen LogP) is 4.19. The summed E-state index contributed by atoms with van der Waals surface area (Å²) in [7, 11) is -3.54. The zero-order valence-electron chi connectivity index (χ0n) is 15.6. The molecule has 1 fully saturated rings. The van der Waals surface area contributed by atoms with Gasteiger partial charge in [0, 0.05) is 30.1 Å². The molecule has 0 spiro atoms. The van der Waals surface area contributed by atoms with Crippen LogP contribution in [0.5, 0.6) is 0 Å². The monoisotopic (exact) mass is 406 g/mol. The molecule has 3 rings (SSSR count). The lowest BCUT2D eigenvalue weighted by atomic mass is 10.2. The van der Waals surface area contributed by atoms with E-state index in [1.165, 1.54) is 4.88 Å². The van der Waals surface area contributed by atoms with Gasteiger partial charge in [0.05, 0.1) is 4.90 Å². The highest BCUT2D eigenvalue weighted by atomic mass is 32.2. The molecule has 27 heavy (non-hydrogen) atoms. The Kier molecular flexibility index (Phi) is 6.68. The van der Waals surface area contributed by atoms with Gasteiger partial charge in [-0.3, -0.25) is 4.79 Å².